The van der Waals surface area contributed by atoms with Crippen LogP contribution in [0.2, 0.25) is 0 Å². The molecule has 0 saturated carbocycles. The summed E-state index contributed by atoms with van der Waals surface area (Å²) in [5, 5.41) is 5.81. The summed E-state index contributed by atoms with van der Waals surface area (Å²) in [4.78, 5) is 0. The van der Waals surface area contributed by atoms with E-state index < -0.39 is 0 Å². The van der Waals surface area contributed by atoms with Crippen molar-refractivity contribution in [2.45, 2.75) is 0 Å². The molecule has 1 heterocycles. The van der Waals surface area contributed by atoms with E-state index in [1.54, 1.807) is 13.4 Å². The number of hydrogen-bond donors (Lipinski definition) is 0. The van der Waals surface area contributed by atoms with Gasteiger partial charge in [-0.3, -0.25) is 0 Å². The minimum absolute atomic E-state index is 0.885. The van der Waals surface area contributed by atoms with Gasteiger partial charge in [0.1, 0.15) is 11.3 Å². The Morgan fingerprint density at radius 3 is 2.28 bits per heavy atom. The van der Waals surface area contributed by atoms with Crippen LogP contribution >= 0.6 is 0 Å². The van der Waals surface area contributed by atoms with E-state index in [4.69, 9.17) is 9.15 Å². The Kier molecular flexibility index (Phi) is 3.04. The Morgan fingerprint density at radius 1 is 0.720 bits per heavy atom. The molecule has 4 aromatic carbocycles. The molecule has 0 bridgehead atoms. The lowest BCUT2D eigenvalue weighted by Crippen LogP contribution is -1.89. The van der Waals surface area contributed by atoms with Gasteiger partial charge in [-0.05, 0) is 45.5 Å². The zero-order chi connectivity index (χ0) is 16.8. The van der Waals surface area contributed by atoms with Crippen LogP contribution in [0.5, 0.6) is 5.75 Å². The average molecular weight is 324 g/mol. The second-order valence-corrected chi connectivity index (χ2v) is 6.17. The third kappa shape index (κ3) is 2.04. The maximum atomic E-state index is 5.73. The molecule has 120 valence electrons. The number of rotatable bonds is 2. The second kappa shape index (κ2) is 5.38. The van der Waals surface area contributed by atoms with E-state index in [-0.39, 0.29) is 0 Å². The summed E-state index contributed by atoms with van der Waals surface area (Å²) in [6.07, 6.45) is 1.75. The van der Waals surface area contributed by atoms with E-state index in [1.807, 2.05) is 12.1 Å². The first-order chi connectivity index (χ1) is 12.4. The summed E-state index contributed by atoms with van der Waals surface area (Å²) >= 11 is 0. The number of methoxy groups -OCH3 is 1. The van der Waals surface area contributed by atoms with Gasteiger partial charge in [0.25, 0.3) is 0 Å². The Morgan fingerprint density at radius 2 is 1.48 bits per heavy atom. The monoisotopic (exact) mass is 324 g/mol. The molecule has 5 rings (SSSR count). The first-order valence-electron chi connectivity index (χ1n) is 8.32. The van der Waals surface area contributed by atoms with Crippen LogP contribution in [0.1, 0.15) is 0 Å². The molecular formula is C23H16O2. The number of fused-ring (bicyclic) bond motifs is 5. The Balaban J connectivity index is 2.07. The summed E-state index contributed by atoms with van der Waals surface area (Å²) in [6.45, 7) is 0. The van der Waals surface area contributed by atoms with Crippen LogP contribution in [-0.2, 0) is 0 Å². The lowest BCUT2D eigenvalue weighted by Gasteiger charge is -2.14. The molecule has 0 saturated heterocycles. The summed E-state index contributed by atoms with van der Waals surface area (Å²) in [5.41, 5.74) is 3.25. The molecule has 0 unspecified atom stereocenters. The van der Waals surface area contributed by atoms with Crippen molar-refractivity contribution in [3.63, 3.8) is 0 Å². The maximum absolute atomic E-state index is 5.73. The molecular weight excluding hydrogens is 308 g/mol. The number of furan rings is 1. The average Bonchev–Trinajstić information content (AvgIpc) is 3.16. The van der Waals surface area contributed by atoms with Crippen LogP contribution in [0.15, 0.2) is 83.5 Å². The molecule has 0 fully saturated rings. The second-order valence-electron chi connectivity index (χ2n) is 6.17. The quantitative estimate of drug-likeness (QED) is 0.350. The highest BCUT2D eigenvalue weighted by Gasteiger charge is 2.15. The van der Waals surface area contributed by atoms with Crippen molar-refractivity contribution in [3.8, 4) is 16.9 Å². The van der Waals surface area contributed by atoms with Crippen molar-refractivity contribution < 1.29 is 9.15 Å². The van der Waals surface area contributed by atoms with Crippen molar-refractivity contribution in [2.24, 2.45) is 0 Å². The van der Waals surface area contributed by atoms with E-state index in [1.165, 1.54) is 21.9 Å². The first kappa shape index (κ1) is 14.1. The zero-order valence-corrected chi connectivity index (χ0v) is 13.8. The molecule has 0 spiro atoms. The Labute approximate surface area is 145 Å². The molecule has 0 radical (unpaired) electrons. The van der Waals surface area contributed by atoms with Crippen molar-refractivity contribution in [1.82, 2.24) is 0 Å². The minimum Gasteiger partial charge on any atom is -0.496 e. The van der Waals surface area contributed by atoms with Crippen molar-refractivity contribution in [1.29, 1.82) is 0 Å². The van der Waals surface area contributed by atoms with Gasteiger partial charge in [-0.1, -0.05) is 54.6 Å². The smallest absolute Gasteiger partial charge is 0.135 e. The summed E-state index contributed by atoms with van der Waals surface area (Å²) < 4.78 is 11.4. The van der Waals surface area contributed by atoms with E-state index >= 15 is 0 Å². The SMILES string of the molecule is COc1cc2c3ccoc3cc(-c3ccccc3)c2c2ccccc12. The van der Waals surface area contributed by atoms with Gasteiger partial charge in [-0.2, -0.15) is 0 Å². The number of benzene rings is 4. The Bertz CT molecular complexity index is 1220. The van der Waals surface area contributed by atoms with Gasteiger partial charge in [0.2, 0.25) is 0 Å². The fraction of sp³-hybridized carbons (Fsp3) is 0.0435. The van der Waals surface area contributed by atoms with Crippen LogP contribution < -0.4 is 4.74 Å². The molecule has 0 aliphatic carbocycles. The third-order valence-electron chi connectivity index (χ3n) is 4.84. The van der Waals surface area contributed by atoms with Gasteiger partial charge in [0.15, 0.2) is 0 Å². The van der Waals surface area contributed by atoms with Gasteiger partial charge in [-0.15, -0.1) is 0 Å². The van der Waals surface area contributed by atoms with Gasteiger partial charge in [0, 0.05) is 10.8 Å². The molecule has 0 aliphatic rings. The van der Waals surface area contributed by atoms with Crippen LogP contribution in [-0.4, -0.2) is 7.11 Å². The van der Waals surface area contributed by atoms with Crippen molar-refractivity contribution in [2.75, 3.05) is 7.11 Å². The topological polar surface area (TPSA) is 22.4 Å². The molecule has 0 amide bonds. The predicted octanol–water partition coefficient (Wildman–Crippen LogP) is 6.41. The van der Waals surface area contributed by atoms with Crippen molar-refractivity contribution in [3.05, 3.63) is 79.1 Å². The lowest BCUT2D eigenvalue weighted by atomic mass is 9.91. The summed E-state index contributed by atoms with van der Waals surface area (Å²) in [6, 6.07) is 25.2. The molecule has 0 aliphatic heterocycles. The van der Waals surface area contributed by atoms with Gasteiger partial charge in [-0.25, -0.2) is 0 Å². The van der Waals surface area contributed by atoms with E-state index in [2.05, 4.69) is 60.7 Å². The van der Waals surface area contributed by atoms with E-state index in [0.29, 0.717) is 0 Å². The molecule has 0 atom stereocenters. The third-order valence-corrected chi connectivity index (χ3v) is 4.84. The van der Waals surface area contributed by atoms with Gasteiger partial charge < -0.3 is 9.15 Å². The highest BCUT2D eigenvalue weighted by Crippen LogP contribution is 2.42. The van der Waals surface area contributed by atoms with Crippen LogP contribution in [0.3, 0.4) is 0 Å². The summed E-state index contributed by atoms with van der Waals surface area (Å²) in [7, 11) is 1.72. The highest BCUT2D eigenvalue weighted by atomic mass is 16.5. The largest absolute Gasteiger partial charge is 0.496 e. The Hall–Kier alpha value is -3.26. The maximum Gasteiger partial charge on any atom is 0.135 e. The molecule has 2 nitrogen and oxygen atoms in total. The van der Waals surface area contributed by atoms with Gasteiger partial charge in [0.05, 0.1) is 13.4 Å². The van der Waals surface area contributed by atoms with Crippen LogP contribution in [0.25, 0.3) is 43.6 Å². The van der Waals surface area contributed by atoms with E-state index in [0.717, 1.165) is 27.5 Å². The zero-order valence-electron chi connectivity index (χ0n) is 13.8. The molecule has 1 aromatic heterocycles. The number of hydrogen-bond acceptors (Lipinski definition) is 2. The first-order valence-corrected chi connectivity index (χ1v) is 8.32. The molecule has 25 heavy (non-hydrogen) atoms. The number of ether oxygens (including phenoxy) is 1. The predicted molar refractivity (Wildman–Crippen MR) is 103 cm³/mol. The fourth-order valence-corrected chi connectivity index (χ4v) is 3.72. The van der Waals surface area contributed by atoms with Crippen LogP contribution in [0, 0.1) is 0 Å². The standard InChI is InChI=1S/C23H16O2/c1-24-21-14-20-17-11-12-25-22(17)13-19(15-7-3-2-4-8-15)23(20)18-10-6-5-9-16(18)21/h2-14H,1H3. The molecule has 0 N–H and O–H groups in total. The fourth-order valence-electron chi connectivity index (χ4n) is 3.72. The molecule has 5 aromatic rings. The summed E-state index contributed by atoms with van der Waals surface area (Å²) in [5.74, 6) is 0.885. The van der Waals surface area contributed by atoms with E-state index in [9.17, 15) is 0 Å². The highest BCUT2D eigenvalue weighted by molar-refractivity contribution is 6.23. The lowest BCUT2D eigenvalue weighted by molar-refractivity contribution is 0.420. The van der Waals surface area contributed by atoms with Crippen molar-refractivity contribution >= 4 is 32.5 Å². The van der Waals surface area contributed by atoms with Gasteiger partial charge >= 0.3 is 0 Å². The normalized spacial score (nSPS) is 11.4. The molecule has 2 heteroatoms. The minimum atomic E-state index is 0.885. The van der Waals surface area contributed by atoms with Crippen LogP contribution in [0.4, 0.5) is 0 Å².